The molecule has 1 amide bonds. The number of likely N-dealkylation sites (tertiary alicyclic amines) is 1. The molecule has 150 valence electrons. The number of hydrogen-bond donors (Lipinski definition) is 0. The number of piperidine rings is 1. The molecule has 2 fully saturated rings. The van der Waals surface area contributed by atoms with E-state index < -0.39 is 10.0 Å². The second-order valence-corrected chi connectivity index (χ2v) is 9.80. The normalized spacial score (nSPS) is 19.7. The van der Waals surface area contributed by atoms with Gasteiger partial charge in [-0.1, -0.05) is 19.9 Å². The summed E-state index contributed by atoms with van der Waals surface area (Å²) in [6.07, 6.45) is 3.64. The molecule has 2 aliphatic rings. The average Bonchev–Trinajstić information content (AvgIpc) is 3.22. The molecule has 0 unspecified atom stereocenters. The molecule has 7 heteroatoms. The van der Waals surface area contributed by atoms with E-state index in [0.717, 1.165) is 32.3 Å². The molecular formula is C20H30N2O4S. The molecule has 1 aromatic carbocycles. The van der Waals surface area contributed by atoms with Crippen LogP contribution in [0.4, 0.5) is 0 Å². The van der Waals surface area contributed by atoms with E-state index >= 15 is 0 Å². The number of sulfonamides is 1. The van der Waals surface area contributed by atoms with Crippen LogP contribution in [0.25, 0.3) is 0 Å². The van der Waals surface area contributed by atoms with Gasteiger partial charge in [-0.25, -0.2) is 8.42 Å². The van der Waals surface area contributed by atoms with Crippen LogP contribution in [-0.2, 0) is 14.8 Å². The van der Waals surface area contributed by atoms with Crippen LogP contribution in [0.1, 0.15) is 49.9 Å². The highest BCUT2D eigenvalue weighted by Crippen LogP contribution is 2.23. The fourth-order valence-electron chi connectivity index (χ4n) is 3.60. The van der Waals surface area contributed by atoms with Crippen molar-refractivity contribution in [3.05, 3.63) is 29.8 Å². The van der Waals surface area contributed by atoms with Crippen molar-refractivity contribution in [1.29, 1.82) is 0 Å². The SMILES string of the molecule is CC(C)COC1CCN(C(=O)c2cccc(S(=O)(=O)N3CCCC3)c2)CC1. The number of benzene rings is 1. The lowest BCUT2D eigenvalue weighted by molar-refractivity contribution is -0.00231. The standard InChI is InChI=1S/C20H30N2O4S/c1-16(2)15-26-18-8-12-21(13-9-18)20(23)17-6-5-7-19(14-17)27(24,25)22-10-3-4-11-22/h5-7,14,16,18H,3-4,8-13,15H2,1-2H3. The van der Waals surface area contributed by atoms with E-state index in [9.17, 15) is 13.2 Å². The third-order valence-electron chi connectivity index (χ3n) is 5.18. The third kappa shape index (κ3) is 4.89. The zero-order chi connectivity index (χ0) is 19.4. The summed E-state index contributed by atoms with van der Waals surface area (Å²) in [6.45, 7) is 7.41. The topological polar surface area (TPSA) is 66.9 Å². The van der Waals surface area contributed by atoms with E-state index in [0.29, 0.717) is 37.7 Å². The molecule has 2 saturated heterocycles. The van der Waals surface area contributed by atoms with E-state index in [1.165, 1.54) is 10.4 Å². The maximum atomic E-state index is 12.8. The van der Waals surface area contributed by atoms with E-state index in [2.05, 4.69) is 13.8 Å². The highest BCUT2D eigenvalue weighted by atomic mass is 32.2. The van der Waals surface area contributed by atoms with Crippen molar-refractivity contribution in [2.24, 2.45) is 5.92 Å². The second kappa shape index (κ2) is 8.71. The maximum absolute atomic E-state index is 12.8. The van der Waals surface area contributed by atoms with Gasteiger partial charge in [-0.2, -0.15) is 4.31 Å². The van der Waals surface area contributed by atoms with Crippen molar-refractivity contribution in [3.8, 4) is 0 Å². The molecule has 0 atom stereocenters. The minimum atomic E-state index is -3.51. The Morgan fingerprint density at radius 3 is 2.44 bits per heavy atom. The van der Waals surface area contributed by atoms with Crippen LogP contribution >= 0.6 is 0 Å². The van der Waals surface area contributed by atoms with Crippen molar-refractivity contribution in [3.63, 3.8) is 0 Å². The predicted octanol–water partition coefficient (Wildman–Crippen LogP) is 2.75. The maximum Gasteiger partial charge on any atom is 0.253 e. The summed E-state index contributed by atoms with van der Waals surface area (Å²) in [7, 11) is -3.51. The molecule has 0 spiro atoms. The first kappa shape index (κ1) is 20.3. The van der Waals surface area contributed by atoms with E-state index in [-0.39, 0.29) is 16.9 Å². The van der Waals surface area contributed by atoms with Gasteiger partial charge in [0.1, 0.15) is 0 Å². The summed E-state index contributed by atoms with van der Waals surface area (Å²) in [6, 6.07) is 6.47. The van der Waals surface area contributed by atoms with E-state index in [4.69, 9.17) is 4.74 Å². The van der Waals surface area contributed by atoms with Crippen molar-refractivity contribution >= 4 is 15.9 Å². The molecule has 0 aliphatic carbocycles. The van der Waals surface area contributed by atoms with Gasteiger partial charge >= 0.3 is 0 Å². The zero-order valence-electron chi connectivity index (χ0n) is 16.3. The van der Waals surface area contributed by atoms with Crippen LogP contribution in [0.5, 0.6) is 0 Å². The predicted molar refractivity (Wildman–Crippen MR) is 104 cm³/mol. The number of amides is 1. The smallest absolute Gasteiger partial charge is 0.253 e. The number of nitrogens with zero attached hydrogens (tertiary/aromatic N) is 2. The highest BCUT2D eigenvalue weighted by Gasteiger charge is 2.29. The molecule has 1 aromatic rings. The Hall–Kier alpha value is -1.44. The number of hydrogen-bond acceptors (Lipinski definition) is 4. The second-order valence-electron chi connectivity index (χ2n) is 7.86. The first-order valence-electron chi connectivity index (χ1n) is 9.89. The van der Waals surface area contributed by atoms with Gasteiger partial charge in [0, 0.05) is 38.3 Å². The van der Waals surface area contributed by atoms with E-state index in [1.807, 2.05) is 0 Å². The number of carbonyl (C=O) groups excluding carboxylic acids is 1. The molecule has 2 aliphatic heterocycles. The summed E-state index contributed by atoms with van der Waals surface area (Å²) in [4.78, 5) is 14.9. The van der Waals surface area contributed by atoms with Gasteiger partial charge in [-0.15, -0.1) is 0 Å². The van der Waals surface area contributed by atoms with Gasteiger partial charge in [-0.05, 0) is 49.8 Å². The van der Waals surface area contributed by atoms with Gasteiger partial charge in [0.15, 0.2) is 0 Å². The van der Waals surface area contributed by atoms with E-state index in [1.54, 1.807) is 23.1 Å². The van der Waals surface area contributed by atoms with Crippen LogP contribution in [-0.4, -0.2) is 62.4 Å². The molecule has 0 saturated carbocycles. The Kier molecular flexibility index (Phi) is 6.55. The fourth-order valence-corrected chi connectivity index (χ4v) is 5.17. The van der Waals surface area contributed by atoms with Crippen LogP contribution in [0.2, 0.25) is 0 Å². The zero-order valence-corrected chi connectivity index (χ0v) is 17.1. The lowest BCUT2D eigenvalue weighted by Gasteiger charge is -2.32. The number of rotatable bonds is 6. The summed E-state index contributed by atoms with van der Waals surface area (Å²) < 4.78 is 32.9. The summed E-state index contributed by atoms with van der Waals surface area (Å²) in [5.74, 6) is 0.403. The fraction of sp³-hybridized carbons (Fsp3) is 0.650. The third-order valence-corrected chi connectivity index (χ3v) is 7.07. The molecule has 0 bridgehead atoms. The van der Waals surface area contributed by atoms with Crippen molar-refractivity contribution < 1.29 is 17.9 Å². The van der Waals surface area contributed by atoms with Crippen molar-refractivity contribution in [2.45, 2.75) is 50.5 Å². The van der Waals surface area contributed by atoms with Crippen LogP contribution in [0.3, 0.4) is 0 Å². The Balaban J connectivity index is 1.64. The average molecular weight is 395 g/mol. The van der Waals surface area contributed by atoms with Gasteiger partial charge in [0.25, 0.3) is 5.91 Å². The summed E-state index contributed by atoms with van der Waals surface area (Å²) in [5.41, 5.74) is 0.442. The molecule has 27 heavy (non-hydrogen) atoms. The summed E-state index contributed by atoms with van der Waals surface area (Å²) in [5, 5.41) is 0. The van der Waals surface area contributed by atoms with Crippen LogP contribution in [0, 0.1) is 5.92 Å². The molecule has 3 rings (SSSR count). The molecule has 0 aromatic heterocycles. The largest absolute Gasteiger partial charge is 0.378 e. The molecule has 2 heterocycles. The molecule has 0 radical (unpaired) electrons. The van der Waals surface area contributed by atoms with Gasteiger partial charge in [-0.3, -0.25) is 4.79 Å². The Morgan fingerprint density at radius 1 is 1.15 bits per heavy atom. The van der Waals surface area contributed by atoms with Crippen molar-refractivity contribution in [2.75, 3.05) is 32.8 Å². The molecule has 6 nitrogen and oxygen atoms in total. The van der Waals surface area contributed by atoms with Gasteiger partial charge in [0.2, 0.25) is 10.0 Å². The lowest BCUT2D eigenvalue weighted by Crippen LogP contribution is -2.41. The molecular weight excluding hydrogens is 364 g/mol. The number of carbonyl (C=O) groups is 1. The monoisotopic (exact) mass is 394 g/mol. The summed E-state index contributed by atoms with van der Waals surface area (Å²) >= 11 is 0. The van der Waals surface area contributed by atoms with Gasteiger partial charge in [0.05, 0.1) is 11.0 Å². The molecule has 0 N–H and O–H groups in total. The Bertz CT molecular complexity index is 749. The first-order chi connectivity index (χ1) is 12.9. The van der Waals surface area contributed by atoms with Gasteiger partial charge < -0.3 is 9.64 Å². The van der Waals surface area contributed by atoms with Crippen LogP contribution < -0.4 is 0 Å². The highest BCUT2D eigenvalue weighted by molar-refractivity contribution is 7.89. The van der Waals surface area contributed by atoms with Crippen LogP contribution in [0.15, 0.2) is 29.2 Å². The minimum absolute atomic E-state index is 0.101. The Morgan fingerprint density at radius 2 is 1.81 bits per heavy atom. The Labute approximate surface area is 162 Å². The minimum Gasteiger partial charge on any atom is -0.378 e. The number of ether oxygens (including phenoxy) is 1. The van der Waals surface area contributed by atoms with Crippen molar-refractivity contribution in [1.82, 2.24) is 9.21 Å². The first-order valence-corrected chi connectivity index (χ1v) is 11.3. The quantitative estimate of drug-likeness (QED) is 0.744. The lowest BCUT2D eigenvalue weighted by atomic mass is 10.1.